The maximum atomic E-state index is 4.27. The summed E-state index contributed by atoms with van der Waals surface area (Å²) in [7, 11) is 0. The summed E-state index contributed by atoms with van der Waals surface area (Å²) in [6, 6.07) is 0. The monoisotopic (exact) mass is 201 g/mol. The topological polar surface area (TPSA) is 12.9 Å². The zero-order chi connectivity index (χ0) is 9.54. The Morgan fingerprint density at radius 1 is 1.50 bits per heavy atom. The van der Waals surface area contributed by atoms with E-state index in [1.165, 1.54) is 12.0 Å². The van der Waals surface area contributed by atoms with Crippen LogP contribution in [-0.4, -0.2) is 4.98 Å². The number of rotatable bonds is 2. The number of nitrogens with zero attached hydrogens (tertiary/aromatic N) is 1. The number of fused-ring (bicyclic) bond motifs is 1. The molecule has 2 aliphatic rings. The van der Waals surface area contributed by atoms with E-state index >= 15 is 0 Å². The van der Waals surface area contributed by atoms with Gasteiger partial charge in [0, 0.05) is 11.0 Å². The molecule has 0 saturated heterocycles. The molecule has 2 unspecified atom stereocenters. The van der Waals surface area contributed by atoms with E-state index < -0.39 is 0 Å². The van der Waals surface area contributed by atoms with Crippen molar-refractivity contribution in [3.05, 3.63) is 47.0 Å². The average molecular weight is 201 g/mol. The van der Waals surface area contributed by atoms with Gasteiger partial charge in [0.05, 0.1) is 11.2 Å². The minimum absolute atomic E-state index is 0.783. The number of aromatic nitrogens is 1. The fourth-order valence-corrected chi connectivity index (χ4v) is 2.44. The van der Waals surface area contributed by atoms with E-state index in [1.807, 2.05) is 5.51 Å². The van der Waals surface area contributed by atoms with Crippen molar-refractivity contribution in [2.24, 2.45) is 11.8 Å². The van der Waals surface area contributed by atoms with E-state index in [0.717, 1.165) is 23.1 Å². The lowest BCUT2D eigenvalue weighted by Crippen LogP contribution is -1.91. The molecule has 2 atom stereocenters. The van der Waals surface area contributed by atoms with Gasteiger partial charge in [0.2, 0.25) is 0 Å². The standard InChI is InChI=1S/C12H11NS/c1-8(12-6-14-7-13-12)9-2-3-10-5-11(10)4-9/h2-4,6-7,10-11H,1,5H2. The second-order valence-electron chi connectivity index (χ2n) is 3.90. The number of hydrogen-bond acceptors (Lipinski definition) is 2. The fourth-order valence-electron chi connectivity index (χ4n) is 1.87. The Bertz CT molecular complexity index is 425. The van der Waals surface area contributed by atoms with E-state index in [4.69, 9.17) is 0 Å². The Morgan fingerprint density at radius 3 is 3.14 bits per heavy atom. The molecule has 70 valence electrons. The first-order chi connectivity index (χ1) is 6.84. The molecule has 3 rings (SSSR count). The molecule has 0 N–H and O–H groups in total. The van der Waals surface area contributed by atoms with Gasteiger partial charge in [0.1, 0.15) is 0 Å². The van der Waals surface area contributed by atoms with Crippen LogP contribution in [0.1, 0.15) is 12.1 Å². The van der Waals surface area contributed by atoms with Gasteiger partial charge in [0.15, 0.2) is 0 Å². The van der Waals surface area contributed by atoms with E-state index in [2.05, 4.69) is 35.2 Å². The Kier molecular flexibility index (Phi) is 1.71. The van der Waals surface area contributed by atoms with Crippen LogP contribution in [-0.2, 0) is 0 Å². The van der Waals surface area contributed by atoms with Gasteiger partial charge in [0.25, 0.3) is 0 Å². The van der Waals surface area contributed by atoms with Crippen LogP contribution in [0.15, 0.2) is 41.3 Å². The van der Waals surface area contributed by atoms with E-state index in [0.29, 0.717) is 0 Å². The first kappa shape index (κ1) is 8.18. The molecule has 0 amide bonds. The van der Waals surface area contributed by atoms with Gasteiger partial charge < -0.3 is 0 Å². The van der Waals surface area contributed by atoms with Crippen molar-refractivity contribution in [1.82, 2.24) is 4.98 Å². The SMILES string of the molecule is C=C(C1=CC2CC2C=C1)c1cscn1. The van der Waals surface area contributed by atoms with Crippen molar-refractivity contribution in [2.45, 2.75) is 6.42 Å². The van der Waals surface area contributed by atoms with Crippen LogP contribution in [0.4, 0.5) is 0 Å². The average Bonchev–Trinajstić information content (AvgIpc) is 2.78. The van der Waals surface area contributed by atoms with Crippen LogP contribution in [0.5, 0.6) is 0 Å². The lowest BCUT2D eigenvalue weighted by Gasteiger charge is -2.07. The van der Waals surface area contributed by atoms with Gasteiger partial charge in [-0.15, -0.1) is 11.3 Å². The van der Waals surface area contributed by atoms with Gasteiger partial charge in [-0.25, -0.2) is 4.98 Å². The van der Waals surface area contributed by atoms with Crippen LogP contribution >= 0.6 is 11.3 Å². The molecule has 0 aromatic carbocycles. The third-order valence-corrected chi connectivity index (χ3v) is 3.48. The molecule has 1 fully saturated rings. The molecule has 0 spiro atoms. The van der Waals surface area contributed by atoms with Gasteiger partial charge >= 0.3 is 0 Å². The molecule has 2 heteroatoms. The Hall–Kier alpha value is -1.15. The summed E-state index contributed by atoms with van der Waals surface area (Å²) in [6.07, 6.45) is 8.16. The van der Waals surface area contributed by atoms with Gasteiger partial charge in [-0.2, -0.15) is 0 Å². The predicted octanol–water partition coefficient (Wildman–Crippen LogP) is 3.29. The molecule has 0 radical (unpaired) electrons. The molecule has 1 nitrogen and oxygen atoms in total. The van der Waals surface area contributed by atoms with Crippen molar-refractivity contribution < 1.29 is 0 Å². The number of thiazole rings is 1. The summed E-state index contributed by atoms with van der Waals surface area (Å²) in [5.74, 6) is 1.60. The molecule has 0 bridgehead atoms. The highest BCUT2D eigenvalue weighted by Gasteiger charge is 2.35. The molecule has 14 heavy (non-hydrogen) atoms. The van der Waals surface area contributed by atoms with Gasteiger partial charge in [-0.3, -0.25) is 0 Å². The predicted molar refractivity (Wildman–Crippen MR) is 60.0 cm³/mol. The third kappa shape index (κ3) is 1.26. The van der Waals surface area contributed by atoms with Crippen molar-refractivity contribution in [3.8, 4) is 0 Å². The second kappa shape index (κ2) is 2.92. The van der Waals surface area contributed by atoms with Crippen LogP contribution in [0, 0.1) is 11.8 Å². The number of hydrogen-bond donors (Lipinski definition) is 0. The summed E-state index contributed by atoms with van der Waals surface area (Å²) < 4.78 is 0. The van der Waals surface area contributed by atoms with Crippen molar-refractivity contribution in [2.75, 3.05) is 0 Å². The van der Waals surface area contributed by atoms with Gasteiger partial charge in [-0.05, 0) is 23.8 Å². The molecule has 2 aliphatic carbocycles. The minimum Gasteiger partial charge on any atom is -0.245 e. The van der Waals surface area contributed by atoms with E-state index in [1.54, 1.807) is 11.3 Å². The first-order valence-corrected chi connectivity index (χ1v) is 5.77. The summed E-state index contributed by atoms with van der Waals surface area (Å²) >= 11 is 1.62. The highest BCUT2D eigenvalue weighted by atomic mass is 32.1. The lowest BCUT2D eigenvalue weighted by atomic mass is 9.99. The van der Waals surface area contributed by atoms with E-state index in [9.17, 15) is 0 Å². The molecule has 1 aromatic heterocycles. The largest absolute Gasteiger partial charge is 0.245 e. The summed E-state index contributed by atoms with van der Waals surface area (Å²) in [5, 5.41) is 2.05. The number of allylic oxidation sites excluding steroid dienone is 5. The smallest absolute Gasteiger partial charge is 0.0811 e. The van der Waals surface area contributed by atoms with Gasteiger partial charge in [-0.1, -0.05) is 24.8 Å². The molecule has 1 heterocycles. The highest BCUT2D eigenvalue weighted by molar-refractivity contribution is 7.07. The summed E-state index contributed by atoms with van der Waals surface area (Å²) in [4.78, 5) is 4.27. The quantitative estimate of drug-likeness (QED) is 0.715. The maximum absolute atomic E-state index is 4.27. The zero-order valence-electron chi connectivity index (χ0n) is 7.81. The first-order valence-electron chi connectivity index (χ1n) is 4.82. The lowest BCUT2D eigenvalue weighted by molar-refractivity contribution is 0.972. The maximum Gasteiger partial charge on any atom is 0.0811 e. The van der Waals surface area contributed by atoms with Crippen LogP contribution in [0.25, 0.3) is 5.57 Å². The highest BCUT2D eigenvalue weighted by Crippen LogP contribution is 2.45. The normalized spacial score (nSPS) is 28.1. The molecule has 1 saturated carbocycles. The summed E-state index contributed by atoms with van der Waals surface area (Å²) in [5.41, 5.74) is 5.19. The van der Waals surface area contributed by atoms with Crippen LogP contribution in [0.3, 0.4) is 0 Å². The van der Waals surface area contributed by atoms with Crippen molar-refractivity contribution >= 4 is 16.9 Å². The molecule has 1 aromatic rings. The zero-order valence-corrected chi connectivity index (χ0v) is 8.63. The van der Waals surface area contributed by atoms with Crippen molar-refractivity contribution in [3.63, 3.8) is 0 Å². The van der Waals surface area contributed by atoms with Crippen LogP contribution in [0.2, 0.25) is 0 Å². The summed E-state index contributed by atoms with van der Waals surface area (Å²) in [6.45, 7) is 4.10. The third-order valence-electron chi connectivity index (χ3n) is 2.90. The van der Waals surface area contributed by atoms with Crippen LogP contribution < -0.4 is 0 Å². The molecular formula is C12H11NS. The minimum atomic E-state index is 0.783. The Labute approximate surface area is 87.5 Å². The Morgan fingerprint density at radius 2 is 2.43 bits per heavy atom. The van der Waals surface area contributed by atoms with E-state index in [-0.39, 0.29) is 0 Å². The Balaban J connectivity index is 1.90. The molecule has 0 aliphatic heterocycles. The van der Waals surface area contributed by atoms with Crippen molar-refractivity contribution in [1.29, 1.82) is 0 Å². The second-order valence-corrected chi connectivity index (χ2v) is 4.62. The fraction of sp³-hybridized carbons (Fsp3) is 0.250. The molecular weight excluding hydrogens is 190 g/mol.